The van der Waals surface area contributed by atoms with Crippen molar-refractivity contribution < 1.29 is 13.2 Å². The van der Waals surface area contributed by atoms with Crippen LogP contribution < -0.4 is 5.73 Å². The second kappa shape index (κ2) is 6.51. The van der Waals surface area contributed by atoms with E-state index in [1.807, 2.05) is 12.1 Å². The highest BCUT2D eigenvalue weighted by atomic mass is 19.4. The smallest absolute Gasteiger partial charge is 0.326 e. The molecular weight excluding hydrogens is 269 g/mol. The minimum atomic E-state index is -4.11. The second-order valence-corrected chi connectivity index (χ2v) is 5.03. The fourth-order valence-corrected chi connectivity index (χ4v) is 2.26. The van der Waals surface area contributed by atoms with E-state index in [1.165, 1.54) is 4.90 Å². The lowest BCUT2D eigenvalue weighted by atomic mass is 10.2. The van der Waals surface area contributed by atoms with Gasteiger partial charge in [-0.15, -0.1) is 0 Å². The molecule has 0 unspecified atom stereocenters. The summed E-state index contributed by atoms with van der Waals surface area (Å²) in [5, 5.41) is 0. The molecule has 0 atom stereocenters. The molecule has 2 N–H and O–H groups in total. The van der Waals surface area contributed by atoms with E-state index in [9.17, 15) is 13.2 Å². The van der Waals surface area contributed by atoms with Crippen molar-refractivity contribution >= 4 is 0 Å². The fraction of sp³-hybridized carbons (Fsp3) is 0.615. The van der Waals surface area contributed by atoms with Gasteiger partial charge in [-0.3, -0.25) is 14.8 Å². The number of hydrogen-bond acceptors (Lipinski definition) is 4. The van der Waals surface area contributed by atoms with Gasteiger partial charge in [-0.05, 0) is 11.6 Å². The molecule has 1 aliphatic heterocycles. The molecule has 0 saturated carbocycles. The fourth-order valence-electron chi connectivity index (χ4n) is 2.26. The summed E-state index contributed by atoms with van der Waals surface area (Å²) >= 11 is 0. The number of pyridine rings is 1. The lowest BCUT2D eigenvalue weighted by molar-refractivity contribution is -0.149. The van der Waals surface area contributed by atoms with Gasteiger partial charge in [0.05, 0.1) is 12.2 Å². The van der Waals surface area contributed by atoms with Gasteiger partial charge in [-0.25, -0.2) is 0 Å². The summed E-state index contributed by atoms with van der Waals surface area (Å²) in [6.45, 7) is 2.48. The highest BCUT2D eigenvalue weighted by Crippen LogP contribution is 2.17. The summed E-state index contributed by atoms with van der Waals surface area (Å²) < 4.78 is 36.8. The number of nitrogens with zero attached hydrogens (tertiary/aromatic N) is 3. The van der Waals surface area contributed by atoms with Gasteiger partial charge in [0.2, 0.25) is 0 Å². The van der Waals surface area contributed by atoms with Crippen molar-refractivity contribution in [2.45, 2.75) is 19.3 Å². The average molecular weight is 288 g/mol. The molecule has 112 valence electrons. The van der Waals surface area contributed by atoms with Crippen LogP contribution in [-0.4, -0.2) is 53.7 Å². The number of alkyl halides is 3. The number of nitrogens with two attached hydrogens (primary N) is 1. The minimum absolute atomic E-state index is 0.445. The lowest BCUT2D eigenvalue weighted by Crippen LogP contribution is -2.48. The van der Waals surface area contributed by atoms with Crippen LogP contribution in [0.3, 0.4) is 0 Å². The molecule has 2 rings (SSSR count). The van der Waals surface area contributed by atoms with Crippen molar-refractivity contribution in [1.82, 2.24) is 14.8 Å². The van der Waals surface area contributed by atoms with Gasteiger partial charge in [0.15, 0.2) is 0 Å². The topological polar surface area (TPSA) is 45.4 Å². The highest BCUT2D eigenvalue weighted by molar-refractivity contribution is 5.13. The monoisotopic (exact) mass is 288 g/mol. The van der Waals surface area contributed by atoms with Crippen LogP contribution in [0.5, 0.6) is 0 Å². The van der Waals surface area contributed by atoms with E-state index in [-0.39, 0.29) is 0 Å². The minimum Gasteiger partial charge on any atom is -0.326 e. The number of halogens is 3. The zero-order chi connectivity index (χ0) is 14.6. The van der Waals surface area contributed by atoms with E-state index in [4.69, 9.17) is 5.73 Å². The molecule has 0 amide bonds. The molecule has 0 aromatic carbocycles. The van der Waals surface area contributed by atoms with Crippen LogP contribution in [0.25, 0.3) is 0 Å². The Morgan fingerprint density at radius 1 is 1.10 bits per heavy atom. The molecule has 2 heterocycles. The van der Waals surface area contributed by atoms with Gasteiger partial charge in [0.25, 0.3) is 0 Å². The molecule has 7 heteroatoms. The molecule has 0 spiro atoms. The standard InChI is InChI=1S/C13H19F3N4/c14-13(15,16)10-20-5-3-19(4-6-20)9-12-2-1-11(7-17)8-18-12/h1-2,8H,3-7,9-10,17H2. The van der Waals surface area contributed by atoms with Crippen LogP contribution in [0.2, 0.25) is 0 Å². The molecule has 1 aromatic rings. The van der Waals surface area contributed by atoms with E-state index in [0.717, 1.165) is 11.3 Å². The molecule has 20 heavy (non-hydrogen) atoms. The largest absolute Gasteiger partial charge is 0.401 e. The molecule has 1 fully saturated rings. The zero-order valence-electron chi connectivity index (χ0n) is 11.2. The first-order valence-electron chi connectivity index (χ1n) is 6.61. The van der Waals surface area contributed by atoms with Gasteiger partial charge in [-0.1, -0.05) is 6.07 Å². The highest BCUT2D eigenvalue weighted by Gasteiger charge is 2.32. The quantitative estimate of drug-likeness (QED) is 0.905. The maximum atomic E-state index is 12.3. The molecule has 0 aliphatic carbocycles. The number of hydrogen-bond donors (Lipinski definition) is 1. The van der Waals surface area contributed by atoms with Gasteiger partial charge in [-0.2, -0.15) is 13.2 Å². The van der Waals surface area contributed by atoms with Crippen molar-refractivity contribution in [2.24, 2.45) is 5.73 Å². The predicted molar refractivity (Wildman–Crippen MR) is 69.9 cm³/mol. The Hall–Kier alpha value is -1.18. The van der Waals surface area contributed by atoms with Crippen LogP contribution in [-0.2, 0) is 13.1 Å². The van der Waals surface area contributed by atoms with Crippen molar-refractivity contribution in [3.63, 3.8) is 0 Å². The van der Waals surface area contributed by atoms with Crippen LogP contribution >= 0.6 is 0 Å². The van der Waals surface area contributed by atoms with E-state index in [0.29, 0.717) is 39.3 Å². The summed E-state index contributed by atoms with van der Waals surface area (Å²) in [7, 11) is 0. The zero-order valence-corrected chi connectivity index (χ0v) is 11.2. The van der Waals surface area contributed by atoms with Crippen molar-refractivity contribution in [3.8, 4) is 0 Å². The van der Waals surface area contributed by atoms with Crippen molar-refractivity contribution in [2.75, 3.05) is 32.7 Å². The summed E-state index contributed by atoms with van der Waals surface area (Å²) in [4.78, 5) is 7.88. The molecule has 0 radical (unpaired) electrons. The van der Waals surface area contributed by atoms with Crippen LogP contribution in [0, 0.1) is 0 Å². The lowest BCUT2D eigenvalue weighted by Gasteiger charge is -2.34. The Balaban J connectivity index is 1.79. The van der Waals surface area contributed by atoms with E-state index < -0.39 is 12.7 Å². The molecule has 1 aliphatic rings. The van der Waals surface area contributed by atoms with Gasteiger partial charge in [0.1, 0.15) is 0 Å². The summed E-state index contributed by atoms with van der Waals surface area (Å²) in [6.07, 6.45) is -2.36. The van der Waals surface area contributed by atoms with Gasteiger partial charge in [0, 0.05) is 45.5 Å². The van der Waals surface area contributed by atoms with Crippen LogP contribution in [0.15, 0.2) is 18.3 Å². The Labute approximate surface area is 116 Å². The Morgan fingerprint density at radius 2 is 1.75 bits per heavy atom. The third-order valence-corrected chi connectivity index (χ3v) is 3.38. The second-order valence-electron chi connectivity index (χ2n) is 5.03. The van der Waals surface area contributed by atoms with Gasteiger partial charge < -0.3 is 5.73 Å². The van der Waals surface area contributed by atoms with Gasteiger partial charge >= 0.3 is 6.18 Å². The first-order chi connectivity index (χ1) is 9.46. The Kier molecular flexibility index (Phi) is 4.95. The number of rotatable bonds is 4. The van der Waals surface area contributed by atoms with E-state index >= 15 is 0 Å². The maximum Gasteiger partial charge on any atom is 0.401 e. The first-order valence-corrected chi connectivity index (χ1v) is 6.61. The SMILES string of the molecule is NCc1ccc(CN2CCN(CC(F)(F)F)CC2)nc1. The van der Waals surface area contributed by atoms with E-state index in [2.05, 4.69) is 9.88 Å². The normalized spacial score (nSPS) is 18.4. The predicted octanol–water partition coefficient (Wildman–Crippen LogP) is 1.22. The molecule has 1 saturated heterocycles. The third-order valence-electron chi connectivity index (χ3n) is 3.38. The molecule has 0 bridgehead atoms. The first kappa shape index (κ1) is 15.2. The van der Waals surface area contributed by atoms with Crippen molar-refractivity contribution in [1.29, 1.82) is 0 Å². The van der Waals surface area contributed by atoms with Crippen LogP contribution in [0.4, 0.5) is 13.2 Å². The average Bonchev–Trinajstić information content (AvgIpc) is 2.40. The Morgan fingerprint density at radius 3 is 2.25 bits per heavy atom. The summed E-state index contributed by atoms with van der Waals surface area (Å²) in [5.74, 6) is 0. The maximum absolute atomic E-state index is 12.3. The third kappa shape index (κ3) is 4.73. The summed E-state index contributed by atoms with van der Waals surface area (Å²) in [6, 6.07) is 3.85. The molecular formula is C13H19F3N4. The Bertz CT molecular complexity index is 411. The van der Waals surface area contributed by atoms with E-state index in [1.54, 1.807) is 6.20 Å². The molecule has 4 nitrogen and oxygen atoms in total. The summed E-state index contributed by atoms with van der Waals surface area (Å²) in [5.41, 5.74) is 7.40. The van der Waals surface area contributed by atoms with Crippen molar-refractivity contribution in [3.05, 3.63) is 29.6 Å². The number of aromatic nitrogens is 1. The van der Waals surface area contributed by atoms with Crippen LogP contribution in [0.1, 0.15) is 11.3 Å². The number of piperazine rings is 1. The molecule has 1 aromatic heterocycles.